The Morgan fingerprint density at radius 1 is 1.64 bits per heavy atom. The van der Waals surface area contributed by atoms with Gasteiger partial charge in [-0.15, -0.1) is 11.3 Å². The maximum absolute atomic E-state index is 11.7. The molecule has 0 amide bonds. The molecule has 0 atom stereocenters. The van der Waals surface area contributed by atoms with Gasteiger partial charge in [-0.05, 0) is 15.9 Å². The van der Waals surface area contributed by atoms with Crippen molar-refractivity contribution in [3.8, 4) is 6.07 Å². The summed E-state index contributed by atoms with van der Waals surface area (Å²) in [6.45, 7) is 0. The molecule has 2 heterocycles. The Hall–Kier alpha value is -1.12. The molecule has 0 saturated heterocycles. The zero-order valence-corrected chi connectivity index (χ0v) is 9.65. The third-order valence-corrected chi connectivity index (χ3v) is 3.91. The summed E-state index contributed by atoms with van der Waals surface area (Å²) in [6.07, 6.45) is 1.56. The minimum atomic E-state index is -0.0767. The van der Waals surface area contributed by atoms with Gasteiger partial charge < -0.3 is 4.57 Å². The summed E-state index contributed by atoms with van der Waals surface area (Å²) < 4.78 is 2.94. The normalized spacial score (nSPS) is 10.4. The highest BCUT2D eigenvalue weighted by Gasteiger charge is 2.11. The van der Waals surface area contributed by atoms with Gasteiger partial charge in [0.2, 0.25) is 0 Å². The highest BCUT2D eigenvalue weighted by molar-refractivity contribution is 9.10. The number of aromatic nitrogens is 1. The lowest BCUT2D eigenvalue weighted by molar-refractivity contribution is 0.871. The molecule has 0 fully saturated rings. The van der Waals surface area contributed by atoms with Gasteiger partial charge in [0, 0.05) is 23.1 Å². The fourth-order valence-electron chi connectivity index (χ4n) is 1.30. The Morgan fingerprint density at radius 2 is 2.36 bits per heavy atom. The van der Waals surface area contributed by atoms with Gasteiger partial charge in [0.15, 0.2) is 0 Å². The minimum Gasteiger partial charge on any atom is -0.317 e. The lowest BCUT2D eigenvalue weighted by Crippen LogP contribution is -2.16. The van der Waals surface area contributed by atoms with E-state index in [4.69, 9.17) is 5.26 Å². The van der Waals surface area contributed by atoms with E-state index in [2.05, 4.69) is 22.0 Å². The molecular weight excluding hydrogens is 264 g/mol. The summed E-state index contributed by atoms with van der Waals surface area (Å²) in [5.41, 5.74) is 0.463. The van der Waals surface area contributed by atoms with Crippen LogP contribution in [0, 0.1) is 11.3 Å². The lowest BCUT2D eigenvalue weighted by Gasteiger charge is -1.99. The van der Waals surface area contributed by atoms with Crippen LogP contribution in [0.1, 0.15) is 5.56 Å². The maximum Gasteiger partial charge on any atom is 0.260 e. The zero-order chi connectivity index (χ0) is 10.3. The highest BCUT2D eigenvalue weighted by Crippen LogP contribution is 2.29. The van der Waals surface area contributed by atoms with Crippen LogP contribution < -0.4 is 5.56 Å². The first kappa shape index (κ1) is 9.44. The van der Waals surface area contributed by atoms with Gasteiger partial charge in [-0.2, -0.15) is 5.26 Å². The Morgan fingerprint density at radius 3 is 3.00 bits per heavy atom. The van der Waals surface area contributed by atoms with Crippen molar-refractivity contribution in [2.24, 2.45) is 7.05 Å². The van der Waals surface area contributed by atoms with E-state index >= 15 is 0 Å². The topological polar surface area (TPSA) is 45.8 Å². The van der Waals surface area contributed by atoms with E-state index in [0.717, 1.165) is 9.17 Å². The first-order valence-electron chi connectivity index (χ1n) is 3.81. The number of aryl methyl sites for hydroxylation is 1. The Bertz CT molecular complexity index is 606. The van der Waals surface area contributed by atoms with Gasteiger partial charge in [-0.1, -0.05) is 0 Å². The van der Waals surface area contributed by atoms with Gasteiger partial charge in [-0.3, -0.25) is 4.79 Å². The van der Waals surface area contributed by atoms with Crippen LogP contribution in [-0.4, -0.2) is 4.57 Å². The van der Waals surface area contributed by atoms with E-state index in [-0.39, 0.29) is 5.56 Å². The Balaban J connectivity index is 3.10. The van der Waals surface area contributed by atoms with Crippen LogP contribution in [0.2, 0.25) is 0 Å². The van der Waals surface area contributed by atoms with Crippen molar-refractivity contribution in [3.05, 3.63) is 32.0 Å². The van der Waals surface area contributed by atoms with E-state index in [0.29, 0.717) is 10.9 Å². The summed E-state index contributed by atoms with van der Waals surface area (Å²) >= 11 is 4.71. The standard InChI is InChI=1S/C9H5BrN2OS/c1-12-3-5(2-11)8-7(9(12)13)6(10)4-14-8/h3-4H,1H3. The van der Waals surface area contributed by atoms with Crippen molar-refractivity contribution in [2.45, 2.75) is 0 Å². The molecule has 14 heavy (non-hydrogen) atoms. The van der Waals surface area contributed by atoms with Crippen molar-refractivity contribution in [3.63, 3.8) is 0 Å². The molecule has 5 heteroatoms. The molecule has 0 N–H and O–H groups in total. The number of halogens is 1. The van der Waals surface area contributed by atoms with Crippen LogP contribution >= 0.6 is 27.3 Å². The van der Waals surface area contributed by atoms with E-state index in [1.165, 1.54) is 15.9 Å². The van der Waals surface area contributed by atoms with Crippen LogP contribution in [0.3, 0.4) is 0 Å². The molecule has 2 aromatic rings. The summed E-state index contributed by atoms with van der Waals surface area (Å²) in [5.74, 6) is 0. The number of hydrogen-bond acceptors (Lipinski definition) is 3. The van der Waals surface area contributed by atoms with Crippen LogP contribution in [0.25, 0.3) is 10.1 Å². The van der Waals surface area contributed by atoms with Crippen molar-refractivity contribution in [1.82, 2.24) is 4.57 Å². The summed E-state index contributed by atoms with van der Waals surface area (Å²) in [6, 6.07) is 2.08. The van der Waals surface area contributed by atoms with Crippen molar-refractivity contribution < 1.29 is 0 Å². The second-order valence-electron chi connectivity index (χ2n) is 2.86. The molecule has 0 spiro atoms. The van der Waals surface area contributed by atoms with Gasteiger partial charge in [-0.25, -0.2) is 0 Å². The van der Waals surface area contributed by atoms with E-state index < -0.39 is 0 Å². The van der Waals surface area contributed by atoms with Gasteiger partial charge in [0.1, 0.15) is 6.07 Å². The number of rotatable bonds is 0. The van der Waals surface area contributed by atoms with Crippen molar-refractivity contribution in [1.29, 1.82) is 5.26 Å². The Labute approximate surface area is 92.3 Å². The zero-order valence-electron chi connectivity index (χ0n) is 7.24. The van der Waals surface area contributed by atoms with E-state index in [1.807, 2.05) is 5.38 Å². The molecule has 0 aliphatic carbocycles. The molecule has 0 bridgehead atoms. The number of fused-ring (bicyclic) bond motifs is 1. The molecular formula is C9H5BrN2OS. The quantitative estimate of drug-likeness (QED) is 0.736. The fourth-order valence-corrected chi connectivity index (χ4v) is 2.96. The molecule has 0 saturated carbocycles. The third kappa shape index (κ3) is 1.19. The molecule has 0 aliphatic heterocycles. The predicted octanol–water partition coefficient (Wildman–Crippen LogP) is 2.23. The lowest BCUT2D eigenvalue weighted by atomic mass is 10.2. The first-order chi connectivity index (χ1) is 6.65. The maximum atomic E-state index is 11.7. The van der Waals surface area contributed by atoms with Crippen LogP contribution in [0.15, 0.2) is 20.8 Å². The average Bonchev–Trinajstić information content (AvgIpc) is 2.54. The smallest absolute Gasteiger partial charge is 0.260 e. The molecule has 70 valence electrons. The van der Waals surface area contributed by atoms with E-state index in [1.54, 1.807) is 13.2 Å². The second-order valence-corrected chi connectivity index (χ2v) is 4.59. The van der Waals surface area contributed by atoms with Crippen LogP contribution in [-0.2, 0) is 7.05 Å². The van der Waals surface area contributed by atoms with Gasteiger partial charge in [0.25, 0.3) is 5.56 Å². The molecule has 0 aliphatic rings. The van der Waals surface area contributed by atoms with Crippen LogP contribution in [0.4, 0.5) is 0 Å². The molecule has 3 nitrogen and oxygen atoms in total. The monoisotopic (exact) mass is 268 g/mol. The largest absolute Gasteiger partial charge is 0.317 e. The highest BCUT2D eigenvalue weighted by atomic mass is 79.9. The summed E-state index contributed by atoms with van der Waals surface area (Å²) in [4.78, 5) is 11.7. The van der Waals surface area contributed by atoms with Crippen molar-refractivity contribution >= 4 is 37.4 Å². The number of hydrogen-bond donors (Lipinski definition) is 0. The summed E-state index contributed by atoms with van der Waals surface area (Å²) in [7, 11) is 1.65. The third-order valence-electron chi connectivity index (χ3n) is 1.97. The molecule has 0 aromatic carbocycles. The first-order valence-corrected chi connectivity index (χ1v) is 5.49. The predicted molar refractivity (Wildman–Crippen MR) is 59.5 cm³/mol. The minimum absolute atomic E-state index is 0.0767. The second kappa shape index (κ2) is 3.23. The van der Waals surface area contributed by atoms with Crippen LogP contribution in [0.5, 0.6) is 0 Å². The van der Waals surface area contributed by atoms with Crippen molar-refractivity contribution in [2.75, 3.05) is 0 Å². The molecule has 0 unspecified atom stereocenters. The number of thiophene rings is 1. The Kier molecular flexibility index (Phi) is 2.17. The summed E-state index contributed by atoms with van der Waals surface area (Å²) in [5, 5.41) is 11.3. The fraction of sp³-hybridized carbons (Fsp3) is 0.111. The SMILES string of the molecule is Cn1cc(C#N)c2scc(Br)c2c1=O. The van der Waals surface area contributed by atoms with Gasteiger partial charge in [0.05, 0.1) is 15.6 Å². The van der Waals surface area contributed by atoms with Gasteiger partial charge >= 0.3 is 0 Å². The average molecular weight is 269 g/mol. The van der Waals surface area contributed by atoms with E-state index in [9.17, 15) is 4.79 Å². The molecule has 2 rings (SSSR count). The molecule has 2 aromatic heterocycles. The number of nitrogens with zero attached hydrogens (tertiary/aromatic N) is 2. The number of pyridine rings is 1. The number of nitriles is 1. The molecule has 0 radical (unpaired) electrons.